The molecule has 114 valence electrons. The molecular weight excluding hydrogens is 269 g/mol. The highest BCUT2D eigenvalue weighted by Crippen LogP contribution is 2.29. The number of benzene rings is 1. The zero-order valence-electron chi connectivity index (χ0n) is 11.8. The van der Waals surface area contributed by atoms with Gasteiger partial charge in [0.15, 0.2) is 0 Å². The highest BCUT2D eigenvalue weighted by Gasteiger charge is 2.30. The van der Waals surface area contributed by atoms with E-state index in [1.165, 1.54) is 12.1 Å². The normalized spacial score (nSPS) is 12.1. The summed E-state index contributed by atoms with van der Waals surface area (Å²) in [6.07, 6.45) is -4.29. The highest BCUT2D eigenvalue weighted by molar-refractivity contribution is 5.25. The van der Waals surface area contributed by atoms with Crippen molar-refractivity contribution in [3.8, 4) is 0 Å². The average molecular weight is 290 g/mol. The highest BCUT2D eigenvalue weighted by atomic mass is 19.4. The van der Waals surface area contributed by atoms with Gasteiger partial charge in [-0.25, -0.2) is 0 Å². The summed E-state index contributed by atoms with van der Waals surface area (Å²) in [5.41, 5.74) is 0.00662. The summed E-state index contributed by atoms with van der Waals surface area (Å²) in [5, 5.41) is 3.06. The number of hydrogen-bond donors (Lipinski definition) is 1. The van der Waals surface area contributed by atoms with Gasteiger partial charge in [-0.2, -0.15) is 13.2 Å². The van der Waals surface area contributed by atoms with Gasteiger partial charge in [0, 0.05) is 19.6 Å². The van der Waals surface area contributed by atoms with Crippen LogP contribution >= 0.6 is 0 Å². The van der Waals surface area contributed by atoms with Gasteiger partial charge in [-0.1, -0.05) is 18.2 Å². The number of rotatable bonds is 8. The molecule has 0 saturated heterocycles. The molecule has 0 unspecified atom stereocenters. The van der Waals surface area contributed by atoms with E-state index in [1.54, 1.807) is 6.07 Å². The van der Waals surface area contributed by atoms with Crippen LogP contribution in [0, 0.1) is 0 Å². The first kappa shape index (κ1) is 16.9. The lowest BCUT2D eigenvalue weighted by Gasteiger charge is -2.11. The maximum Gasteiger partial charge on any atom is 0.416 e. The molecule has 3 nitrogen and oxygen atoms in total. The lowest BCUT2D eigenvalue weighted by Crippen LogP contribution is -2.23. The van der Waals surface area contributed by atoms with Crippen LogP contribution in [0.25, 0.3) is 0 Å². The average Bonchev–Trinajstić information content (AvgIpc) is 2.36. The van der Waals surface area contributed by atoms with Crippen molar-refractivity contribution in [1.82, 2.24) is 10.2 Å². The van der Waals surface area contributed by atoms with E-state index in [2.05, 4.69) is 5.32 Å². The molecule has 0 amide bonds. The van der Waals surface area contributed by atoms with E-state index in [0.29, 0.717) is 31.9 Å². The molecule has 0 heterocycles. The summed E-state index contributed by atoms with van der Waals surface area (Å²) >= 11 is 0. The molecule has 0 radical (unpaired) electrons. The molecule has 1 aromatic carbocycles. The summed E-state index contributed by atoms with van der Waals surface area (Å²) in [7, 11) is 3.94. The maximum absolute atomic E-state index is 12.5. The van der Waals surface area contributed by atoms with Crippen LogP contribution in [0.3, 0.4) is 0 Å². The van der Waals surface area contributed by atoms with Gasteiger partial charge in [0.1, 0.15) is 0 Å². The quantitative estimate of drug-likeness (QED) is 0.744. The van der Waals surface area contributed by atoms with E-state index in [1.807, 2.05) is 19.0 Å². The zero-order valence-corrected chi connectivity index (χ0v) is 11.8. The Balaban J connectivity index is 2.22. The monoisotopic (exact) mass is 290 g/mol. The molecule has 0 spiro atoms. The molecule has 0 aliphatic rings. The van der Waals surface area contributed by atoms with E-state index in [0.717, 1.165) is 12.6 Å². The molecule has 20 heavy (non-hydrogen) atoms. The Hall–Kier alpha value is -1.11. The van der Waals surface area contributed by atoms with Crippen molar-refractivity contribution >= 4 is 0 Å². The number of nitrogens with one attached hydrogen (secondary N) is 1. The Morgan fingerprint density at radius 3 is 2.60 bits per heavy atom. The summed E-state index contributed by atoms with van der Waals surface area (Å²) in [4.78, 5) is 2.02. The topological polar surface area (TPSA) is 24.5 Å². The smallest absolute Gasteiger partial charge is 0.379 e. The van der Waals surface area contributed by atoms with Crippen LogP contribution in [0.5, 0.6) is 0 Å². The van der Waals surface area contributed by atoms with Crippen LogP contribution in [0.4, 0.5) is 13.2 Å². The van der Waals surface area contributed by atoms with Gasteiger partial charge in [-0.05, 0) is 25.7 Å². The fraction of sp³-hybridized carbons (Fsp3) is 0.571. The van der Waals surface area contributed by atoms with Crippen molar-refractivity contribution in [3.63, 3.8) is 0 Å². The Kier molecular flexibility index (Phi) is 6.98. The van der Waals surface area contributed by atoms with Gasteiger partial charge in [0.25, 0.3) is 0 Å². The number of halogens is 3. The van der Waals surface area contributed by atoms with E-state index >= 15 is 0 Å². The molecule has 0 aliphatic carbocycles. The van der Waals surface area contributed by atoms with Gasteiger partial charge in [0.2, 0.25) is 0 Å². The second-order valence-electron chi connectivity index (χ2n) is 4.79. The largest absolute Gasteiger partial charge is 0.416 e. The van der Waals surface area contributed by atoms with Gasteiger partial charge in [0.05, 0.1) is 18.8 Å². The van der Waals surface area contributed by atoms with E-state index < -0.39 is 11.7 Å². The number of ether oxygens (including phenoxy) is 1. The molecule has 0 aromatic heterocycles. The first-order valence-corrected chi connectivity index (χ1v) is 6.49. The van der Waals surface area contributed by atoms with Gasteiger partial charge in [-0.15, -0.1) is 0 Å². The first-order valence-electron chi connectivity index (χ1n) is 6.49. The molecule has 0 atom stereocenters. The standard InChI is InChI=1S/C14H21F3N2O/c1-19(2)7-9-20-8-6-18-11-12-4-3-5-13(10-12)14(15,16)17/h3-5,10,18H,6-9,11H2,1-2H3. The molecule has 0 saturated carbocycles. The third-order valence-corrected chi connectivity index (χ3v) is 2.69. The first-order chi connectivity index (χ1) is 9.39. The lowest BCUT2D eigenvalue weighted by molar-refractivity contribution is -0.137. The minimum Gasteiger partial charge on any atom is -0.379 e. The van der Waals surface area contributed by atoms with Gasteiger partial charge < -0.3 is 15.0 Å². The summed E-state index contributed by atoms with van der Waals surface area (Å²) < 4.78 is 42.9. The van der Waals surface area contributed by atoms with Crippen LogP contribution in [-0.4, -0.2) is 45.3 Å². The predicted octanol–water partition coefficient (Wildman–Crippen LogP) is 2.37. The molecule has 0 bridgehead atoms. The number of hydrogen-bond acceptors (Lipinski definition) is 3. The van der Waals surface area contributed by atoms with Gasteiger partial charge in [-0.3, -0.25) is 0 Å². The van der Waals surface area contributed by atoms with Crippen molar-refractivity contribution in [2.24, 2.45) is 0 Å². The molecule has 1 rings (SSSR count). The molecule has 0 aliphatic heterocycles. The third kappa shape index (κ3) is 6.88. The van der Waals surface area contributed by atoms with Crippen molar-refractivity contribution in [2.75, 3.05) is 40.4 Å². The summed E-state index contributed by atoms with van der Waals surface area (Å²) in [6.45, 7) is 3.07. The van der Waals surface area contributed by atoms with E-state index in [-0.39, 0.29) is 0 Å². The summed E-state index contributed by atoms with van der Waals surface area (Å²) in [5.74, 6) is 0. The summed E-state index contributed by atoms with van der Waals surface area (Å²) in [6, 6.07) is 5.34. The predicted molar refractivity (Wildman–Crippen MR) is 72.5 cm³/mol. The van der Waals surface area contributed by atoms with Gasteiger partial charge >= 0.3 is 6.18 Å². The second-order valence-corrected chi connectivity index (χ2v) is 4.79. The molecule has 0 fully saturated rings. The lowest BCUT2D eigenvalue weighted by atomic mass is 10.1. The van der Waals surface area contributed by atoms with Crippen molar-refractivity contribution in [1.29, 1.82) is 0 Å². The molecule has 1 N–H and O–H groups in total. The Bertz CT molecular complexity index is 394. The number of alkyl halides is 3. The van der Waals surface area contributed by atoms with Crippen molar-refractivity contribution in [2.45, 2.75) is 12.7 Å². The number of likely N-dealkylation sites (N-methyl/N-ethyl adjacent to an activating group) is 1. The van der Waals surface area contributed by atoms with Crippen molar-refractivity contribution < 1.29 is 17.9 Å². The Morgan fingerprint density at radius 1 is 1.20 bits per heavy atom. The Morgan fingerprint density at radius 2 is 1.95 bits per heavy atom. The van der Waals surface area contributed by atoms with Crippen LogP contribution < -0.4 is 5.32 Å². The van der Waals surface area contributed by atoms with Crippen molar-refractivity contribution in [3.05, 3.63) is 35.4 Å². The SMILES string of the molecule is CN(C)CCOCCNCc1cccc(C(F)(F)F)c1. The third-order valence-electron chi connectivity index (χ3n) is 2.69. The zero-order chi connectivity index (χ0) is 15.0. The molecule has 1 aromatic rings. The van der Waals surface area contributed by atoms with Crippen LogP contribution in [0.15, 0.2) is 24.3 Å². The maximum atomic E-state index is 12.5. The van der Waals surface area contributed by atoms with Crippen LogP contribution in [-0.2, 0) is 17.5 Å². The fourth-order valence-electron chi connectivity index (χ4n) is 1.58. The van der Waals surface area contributed by atoms with E-state index in [9.17, 15) is 13.2 Å². The number of nitrogens with zero attached hydrogens (tertiary/aromatic N) is 1. The minimum absolute atomic E-state index is 0.404. The van der Waals surface area contributed by atoms with Crippen LogP contribution in [0.1, 0.15) is 11.1 Å². The minimum atomic E-state index is -4.29. The van der Waals surface area contributed by atoms with Crippen LogP contribution in [0.2, 0.25) is 0 Å². The fourth-order valence-corrected chi connectivity index (χ4v) is 1.58. The van der Waals surface area contributed by atoms with E-state index in [4.69, 9.17) is 4.74 Å². The Labute approximate surface area is 117 Å². The molecular formula is C14H21F3N2O. The molecule has 6 heteroatoms. The second kappa shape index (κ2) is 8.24.